The first-order chi connectivity index (χ1) is 8.72. The van der Waals surface area contributed by atoms with Crippen LogP contribution in [0, 0.1) is 0 Å². The van der Waals surface area contributed by atoms with E-state index in [1.54, 1.807) is 23.9 Å². The van der Waals surface area contributed by atoms with Gasteiger partial charge in [-0.3, -0.25) is 4.68 Å². The van der Waals surface area contributed by atoms with E-state index in [0.717, 1.165) is 5.56 Å². The summed E-state index contributed by atoms with van der Waals surface area (Å²) < 4.78 is 6.68. The molecule has 0 radical (unpaired) electrons. The molecular weight excluding hydrogens is 228 g/mol. The molecule has 0 bridgehead atoms. The van der Waals surface area contributed by atoms with Crippen LogP contribution < -0.4 is 0 Å². The van der Waals surface area contributed by atoms with Gasteiger partial charge in [0.25, 0.3) is 0 Å². The summed E-state index contributed by atoms with van der Waals surface area (Å²) in [6.45, 7) is 4.18. The molecule has 0 aliphatic carbocycles. The van der Waals surface area contributed by atoms with Gasteiger partial charge in [0, 0.05) is 6.20 Å². The fourth-order valence-electron chi connectivity index (χ4n) is 1.75. The second-order valence-electron chi connectivity index (χ2n) is 3.99. The average Bonchev–Trinajstić information content (AvgIpc) is 2.89. The molecule has 2 aromatic rings. The third-order valence-electron chi connectivity index (χ3n) is 2.77. The Kier molecular flexibility index (Phi) is 3.77. The number of benzene rings is 1. The predicted octanol–water partition coefficient (Wildman–Crippen LogP) is 2.67. The topological polar surface area (TPSA) is 44.1 Å². The van der Waals surface area contributed by atoms with E-state index in [0.29, 0.717) is 12.3 Å². The molecule has 2 rings (SSSR count). The normalized spacial score (nSPS) is 12.1. The molecule has 0 spiro atoms. The van der Waals surface area contributed by atoms with Gasteiger partial charge in [0.2, 0.25) is 0 Å². The standard InChI is InChI=1S/C14H16N2O2/c1-3-18-14(17)13-9-10-16(15-13)11(2)12-7-5-4-6-8-12/h4-11H,3H2,1-2H3/t11-/m1/s1. The summed E-state index contributed by atoms with van der Waals surface area (Å²) in [6.07, 6.45) is 1.80. The lowest BCUT2D eigenvalue weighted by molar-refractivity contribution is 0.0518. The Morgan fingerprint density at radius 3 is 2.72 bits per heavy atom. The summed E-state index contributed by atoms with van der Waals surface area (Å²) in [4.78, 5) is 11.5. The van der Waals surface area contributed by atoms with E-state index in [1.165, 1.54) is 0 Å². The first-order valence-electron chi connectivity index (χ1n) is 5.99. The van der Waals surface area contributed by atoms with E-state index < -0.39 is 0 Å². The zero-order valence-corrected chi connectivity index (χ0v) is 10.5. The van der Waals surface area contributed by atoms with Crippen LogP contribution in [-0.4, -0.2) is 22.4 Å². The first-order valence-corrected chi connectivity index (χ1v) is 5.99. The van der Waals surface area contributed by atoms with E-state index in [-0.39, 0.29) is 12.0 Å². The first kappa shape index (κ1) is 12.4. The number of aromatic nitrogens is 2. The third-order valence-corrected chi connectivity index (χ3v) is 2.77. The Labute approximate surface area is 106 Å². The fourth-order valence-corrected chi connectivity index (χ4v) is 1.75. The molecule has 1 atom stereocenters. The highest BCUT2D eigenvalue weighted by molar-refractivity contribution is 5.87. The van der Waals surface area contributed by atoms with Crippen LogP contribution in [0.15, 0.2) is 42.6 Å². The van der Waals surface area contributed by atoms with Gasteiger partial charge < -0.3 is 4.74 Å². The van der Waals surface area contributed by atoms with Crippen molar-refractivity contribution in [2.24, 2.45) is 0 Å². The van der Waals surface area contributed by atoms with Gasteiger partial charge in [0.1, 0.15) is 0 Å². The molecule has 0 saturated heterocycles. The van der Waals surface area contributed by atoms with Crippen LogP contribution in [0.1, 0.15) is 35.9 Å². The zero-order chi connectivity index (χ0) is 13.0. The van der Waals surface area contributed by atoms with Crippen LogP contribution >= 0.6 is 0 Å². The highest BCUT2D eigenvalue weighted by Gasteiger charge is 2.13. The van der Waals surface area contributed by atoms with Gasteiger partial charge >= 0.3 is 5.97 Å². The molecule has 0 saturated carbocycles. The van der Waals surface area contributed by atoms with Gasteiger partial charge in [-0.25, -0.2) is 4.79 Å². The Morgan fingerprint density at radius 1 is 1.33 bits per heavy atom. The molecular formula is C14H16N2O2. The number of carbonyl (C=O) groups is 1. The molecule has 1 aromatic carbocycles. The van der Waals surface area contributed by atoms with E-state index in [1.807, 2.05) is 37.3 Å². The fraction of sp³-hybridized carbons (Fsp3) is 0.286. The van der Waals surface area contributed by atoms with Gasteiger partial charge in [0.05, 0.1) is 12.6 Å². The van der Waals surface area contributed by atoms with Crippen molar-refractivity contribution in [3.05, 3.63) is 53.9 Å². The quantitative estimate of drug-likeness (QED) is 0.777. The molecule has 1 aromatic heterocycles. The van der Waals surface area contributed by atoms with Gasteiger partial charge in [-0.05, 0) is 25.5 Å². The van der Waals surface area contributed by atoms with Crippen LogP contribution in [0.25, 0.3) is 0 Å². The highest BCUT2D eigenvalue weighted by atomic mass is 16.5. The maximum Gasteiger partial charge on any atom is 0.358 e. The molecule has 4 heteroatoms. The van der Waals surface area contributed by atoms with E-state index in [4.69, 9.17) is 4.74 Å². The van der Waals surface area contributed by atoms with Crippen LogP contribution in [0.4, 0.5) is 0 Å². The molecule has 0 fully saturated rings. The Balaban J connectivity index is 2.17. The lowest BCUT2D eigenvalue weighted by Gasteiger charge is -2.12. The SMILES string of the molecule is CCOC(=O)c1ccn([C@H](C)c2ccccc2)n1. The number of esters is 1. The zero-order valence-electron chi connectivity index (χ0n) is 10.5. The van der Waals surface area contributed by atoms with Gasteiger partial charge in [-0.15, -0.1) is 0 Å². The summed E-state index contributed by atoms with van der Waals surface area (Å²) in [5, 5.41) is 4.25. The molecule has 0 amide bonds. The summed E-state index contributed by atoms with van der Waals surface area (Å²) in [5.74, 6) is -0.378. The highest BCUT2D eigenvalue weighted by Crippen LogP contribution is 2.16. The van der Waals surface area contributed by atoms with Crippen molar-refractivity contribution in [2.75, 3.05) is 6.61 Å². The summed E-state index contributed by atoms with van der Waals surface area (Å²) in [7, 11) is 0. The second-order valence-corrected chi connectivity index (χ2v) is 3.99. The van der Waals surface area contributed by atoms with Crippen molar-refractivity contribution in [2.45, 2.75) is 19.9 Å². The van der Waals surface area contributed by atoms with Crippen LogP contribution in [0.2, 0.25) is 0 Å². The van der Waals surface area contributed by atoms with E-state index in [2.05, 4.69) is 5.10 Å². The van der Waals surface area contributed by atoms with Crippen molar-refractivity contribution in [3.63, 3.8) is 0 Å². The lowest BCUT2D eigenvalue weighted by atomic mass is 10.1. The van der Waals surface area contributed by atoms with Crippen LogP contribution in [-0.2, 0) is 4.74 Å². The number of carbonyl (C=O) groups excluding carboxylic acids is 1. The minimum atomic E-state index is -0.378. The molecule has 0 unspecified atom stereocenters. The van der Waals surface area contributed by atoms with Crippen molar-refractivity contribution in [3.8, 4) is 0 Å². The second kappa shape index (κ2) is 5.49. The average molecular weight is 244 g/mol. The maximum absolute atomic E-state index is 11.5. The molecule has 0 N–H and O–H groups in total. The number of ether oxygens (including phenoxy) is 1. The summed E-state index contributed by atoms with van der Waals surface area (Å²) in [5.41, 5.74) is 1.50. The number of hydrogen-bond donors (Lipinski definition) is 0. The van der Waals surface area contributed by atoms with Crippen LogP contribution in [0.3, 0.4) is 0 Å². The largest absolute Gasteiger partial charge is 0.461 e. The molecule has 0 aliphatic rings. The minimum absolute atomic E-state index is 0.0920. The van der Waals surface area contributed by atoms with Gasteiger partial charge in [-0.2, -0.15) is 5.10 Å². The summed E-state index contributed by atoms with van der Waals surface area (Å²) in [6, 6.07) is 11.8. The number of hydrogen-bond acceptors (Lipinski definition) is 3. The smallest absolute Gasteiger partial charge is 0.358 e. The molecule has 18 heavy (non-hydrogen) atoms. The third kappa shape index (κ3) is 2.59. The number of nitrogens with zero attached hydrogens (tertiary/aromatic N) is 2. The Morgan fingerprint density at radius 2 is 2.06 bits per heavy atom. The Bertz CT molecular complexity index is 520. The van der Waals surface area contributed by atoms with Crippen molar-refractivity contribution in [1.82, 2.24) is 9.78 Å². The lowest BCUT2D eigenvalue weighted by Crippen LogP contribution is -2.10. The van der Waals surface area contributed by atoms with E-state index in [9.17, 15) is 4.79 Å². The van der Waals surface area contributed by atoms with Gasteiger partial charge in [-0.1, -0.05) is 30.3 Å². The van der Waals surface area contributed by atoms with Crippen molar-refractivity contribution in [1.29, 1.82) is 0 Å². The summed E-state index contributed by atoms with van der Waals surface area (Å²) >= 11 is 0. The van der Waals surface area contributed by atoms with E-state index >= 15 is 0 Å². The predicted molar refractivity (Wildman–Crippen MR) is 68.4 cm³/mol. The van der Waals surface area contributed by atoms with Crippen molar-refractivity contribution >= 4 is 5.97 Å². The number of rotatable bonds is 4. The maximum atomic E-state index is 11.5. The molecule has 94 valence electrons. The van der Waals surface area contributed by atoms with Gasteiger partial charge in [0.15, 0.2) is 5.69 Å². The Hall–Kier alpha value is -2.10. The van der Waals surface area contributed by atoms with Crippen molar-refractivity contribution < 1.29 is 9.53 Å². The molecule has 4 nitrogen and oxygen atoms in total. The molecule has 0 aliphatic heterocycles. The monoisotopic (exact) mass is 244 g/mol. The molecule has 1 heterocycles. The minimum Gasteiger partial charge on any atom is -0.461 e. The van der Waals surface area contributed by atoms with Crippen LogP contribution in [0.5, 0.6) is 0 Å².